The zero-order chi connectivity index (χ0) is 16.3. The average molecular weight is 382 g/mol. The molecule has 0 spiro atoms. The predicted molar refractivity (Wildman–Crippen MR) is 91.8 cm³/mol. The van der Waals surface area contributed by atoms with Crippen LogP contribution >= 0.6 is 27.3 Å². The van der Waals surface area contributed by atoms with E-state index in [1.807, 2.05) is 19.9 Å². The average Bonchev–Trinajstić information content (AvgIpc) is 2.74. The quantitative estimate of drug-likeness (QED) is 0.789. The minimum absolute atomic E-state index is 0.256. The number of benzene rings is 1. The van der Waals surface area contributed by atoms with E-state index in [9.17, 15) is 9.59 Å². The Morgan fingerprint density at radius 2 is 2.05 bits per heavy atom. The number of anilines is 1. The van der Waals surface area contributed by atoms with Gasteiger partial charge in [0.1, 0.15) is 5.00 Å². The minimum Gasteiger partial charge on any atom is -0.462 e. The van der Waals surface area contributed by atoms with Crippen molar-refractivity contribution in [3.8, 4) is 0 Å². The number of hydrogen-bond donors (Lipinski definition) is 1. The van der Waals surface area contributed by atoms with Gasteiger partial charge in [-0.15, -0.1) is 11.3 Å². The van der Waals surface area contributed by atoms with Gasteiger partial charge in [-0.2, -0.15) is 0 Å². The molecule has 1 heterocycles. The molecule has 0 aliphatic carbocycles. The molecule has 0 unspecified atom stereocenters. The summed E-state index contributed by atoms with van der Waals surface area (Å²) in [7, 11) is 0. The van der Waals surface area contributed by atoms with Gasteiger partial charge in [-0.3, -0.25) is 4.79 Å². The molecule has 0 saturated heterocycles. The Bertz CT molecular complexity index is 724. The van der Waals surface area contributed by atoms with Gasteiger partial charge in [-0.1, -0.05) is 22.0 Å². The van der Waals surface area contributed by atoms with Gasteiger partial charge in [0.2, 0.25) is 0 Å². The molecule has 4 nitrogen and oxygen atoms in total. The number of thiophene rings is 1. The van der Waals surface area contributed by atoms with Crippen LogP contribution in [-0.4, -0.2) is 18.5 Å². The number of esters is 1. The van der Waals surface area contributed by atoms with Crippen LogP contribution in [0.25, 0.3) is 0 Å². The van der Waals surface area contributed by atoms with Crippen LogP contribution in [0, 0.1) is 13.8 Å². The van der Waals surface area contributed by atoms with E-state index in [0.29, 0.717) is 22.7 Å². The lowest BCUT2D eigenvalue weighted by Crippen LogP contribution is -2.14. The molecule has 1 aromatic carbocycles. The fourth-order valence-electron chi connectivity index (χ4n) is 1.97. The van der Waals surface area contributed by atoms with Crippen LogP contribution in [0.4, 0.5) is 5.00 Å². The second kappa shape index (κ2) is 7.07. The van der Waals surface area contributed by atoms with Gasteiger partial charge in [-0.05, 0) is 44.5 Å². The molecule has 6 heteroatoms. The maximum absolute atomic E-state index is 12.3. The van der Waals surface area contributed by atoms with Gasteiger partial charge in [0.15, 0.2) is 0 Å². The predicted octanol–water partition coefficient (Wildman–Crippen LogP) is 4.56. The maximum atomic E-state index is 12.3. The molecule has 0 aliphatic rings. The summed E-state index contributed by atoms with van der Waals surface area (Å²) >= 11 is 4.72. The highest BCUT2D eigenvalue weighted by Gasteiger charge is 2.22. The number of hydrogen-bond acceptors (Lipinski definition) is 4. The third kappa shape index (κ3) is 3.56. The SMILES string of the molecule is CCOC(=O)c1c(NC(=O)c2cccc(Br)c2)sc(C)c1C. The molecule has 0 fully saturated rings. The Kier molecular flexibility index (Phi) is 5.37. The van der Waals surface area contributed by atoms with Crippen molar-refractivity contribution in [2.75, 3.05) is 11.9 Å². The van der Waals surface area contributed by atoms with Crippen LogP contribution in [0.3, 0.4) is 0 Å². The molecular formula is C16H16BrNO3S. The van der Waals surface area contributed by atoms with Crippen molar-refractivity contribution < 1.29 is 14.3 Å². The highest BCUT2D eigenvalue weighted by molar-refractivity contribution is 9.10. The third-order valence-electron chi connectivity index (χ3n) is 3.18. The highest BCUT2D eigenvalue weighted by Crippen LogP contribution is 2.33. The summed E-state index contributed by atoms with van der Waals surface area (Å²) in [5, 5.41) is 3.34. The van der Waals surface area contributed by atoms with Crippen LogP contribution in [-0.2, 0) is 4.74 Å². The first-order valence-corrected chi connectivity index (χ1v) is 8.39. The number of carbonyl (C=O) groups is 2. The van der Waals surface area contributed by atoms with Gasteiger partial charge in [0, 0.05) is 14.9 Å². The number of halogens is 1. The first kappa shape index (κ1) is 16.7. The Morgan fingerprint density at radius 1 is 1.32 bits per heavy atom. The van der Waals surface area contributed by atoms with E-state index in [0.717, 1.165) is 14.9 Å². The van der Waals surface area contributed by atoms with E-state index in [-0.39, 0.29) is 5.91 Å². The van der Waals surface area contributed by atoms with E-state index in [2.05, 4.69) is 21.2 Å². The van der Waals surface area contributed by atoms with Gasteiger partial charge in [0.25, 0.3) is 5.91 Å². The topological polar surface area (TPSA) is 55.4 Å². The van der Waals surface area contributed by atoms with Gasteiger partial charge >= 0.3 is 5.97 Å². The maximum Gasteiger partial charge on any atom is 0.341 e. The summed E-state index contributed by atoms with van der Waals surface area (Å²) in [5.41, 5.74) is 1.80. The summed E-state index contributed by atoms with van der Waals surface area (Å²) < 4.78 is 5.90. The Labute approximate surface area is 141 Å². The molecular weight excluding hydrogens is 366 g/mol. The summed E-state index contributed by atoms with van der Waals surface area (Å²) in [6.07, 6.45) is 0. The molecule has 1 N–H and O–H groups in total. The highest BCUT2D eigenvalue weighted by atomic mass is 79.9. The summed E-state index contributed by atoms with van der Waals surface area (Å²) in [5.74, 6) is -0.665. The second-order valence-corrected chi connectivity index (χ2v) is 6.81. The molecule has 0 bridgehead atoms. The van der Waals surface area contributed by atoms with Crippen LogP contribution < -0.4 is 5.32 Å². The van der Waals surface area contributed by atoms with E-state index >= 15 is 0 Å². The van der Waals surface area contributed by atoms with Crippen molar-refractivity contribution in [1.82, 2.24) is 0 Å². The van der Waals surface area contributed by atoms with Crippen LogP contribution in [0.1, 0.15) is 38.1 Å². The van der Waals surface area contributed by atoms with Crippen molar-refractivity contribution in [3.05, 3.63) is 50.3 Å². The minimum atomic E-state index is -0.408. The number of ether oxygens (including phenoxy) is 1. The number of nitrogens with one attached hydrogen (secondary N) is 1. The Hall–Kier alpha value is -1.66. The zero-order valence-corrected chi connectivity index (χ0v) is 14.9. The summed E-state index contributed by atoms with van der Waals surface area (Å²) in [4.78, 5) is 25.4. The Morgan fingerprint density at radius 3 is 2.68 bits per heavy atom. The van der Waals surface area contributed by atoms with Crippen molar-refractivity contribution >= 4 is 44.1 Å². The lowest BCUT2D eigenvalue weighted by molar-refractivity contribution is 0.0527. The van der Waals surface area contributed by atoms with Crippen molar-refractivity contribution in [2.24, 2.45) is 0 Å². The van der Waals surface area contributed by atoms with E-state index in [4.69, 9.17) is 4.74 Å². The van der Waals surface area contributed by atoms with E-state index in [1.165, 1.54) is 11.3 Å². The largest absolute Gasteiger partial charge is 0.462 e. The lowest BCUT2D eigenvalue weighted by Gasteiger charge is -2.07. The fourth-order valence-corrected chi connectivity index (χ4v) is 3.41. The second-order valence-electron chi connectivity index (χ2n) is 4.67. The van der Waals surface area contributed by atoms with E-state index < -0.39 is 5.97 Å². The lowest BCUT2D eigenvalue weighted by atomic mass is 10.1. The molecule has 2 rings (SSSR count). The van der Waals surface area contributed by atoms with Crippen LogP contribution in [0.5, 0.6) is 0 Å². The normalized spacial score (nSPS) is 10.4. The molecule has 2 aromatic rings. The van der Waals surface area contributed by atoms with Gasteiger partial charge in [-0.25, -0.2) is 4.79 Å². The van der Waals surface area contributed by atoms with Crippen LogP contribution in [0.15, 0.2) is 28.7 Å². The molecule has 1 amide bonds. The molecule has 0 radical (unpaired) electrons. The smallest absolute Gasteiger partial charge is 0.341 e. The summed E-state index contributed by atoms with van der Waals surface area (Å²) in [6, 6.07) is 7.08. The monoisotopic (exact) mass is 381 g/mol. The first-order chi connectivity index (χ1) is 10.4. The Balaban J connectivity index is 2.31. The zero-order valence-electron chi connectivity index (χ0n) is 12.5. The standard InChI is InChI=1S/C16H16BrNO3S/c1-4-21-16(20)13-9(2)10(3)22-15(13)18-14(19)11-6-5-7-12(17)8-11/h5-8H,4H2,1-3H3,(H,18,19). The van der Waals surface area contributed by atoms with Crippen LogP contribution in [0.2, 0.25) is 0 Å². The number of amides is 1. The third-order valence-corrected chi connectivity index (χ3v) is 4.79. The molecule has 1 aromatic heterocycles. The van der Waals surface area contributed by atoms with Gasteiger partial charge in [0.05, 0.1) is 12.2 Å². The summed E-state index contributed by atoms with van der Waals surface area (Å²) in [6.45, 7) is 5.82. The number of carbonyl (C=O) groups excluding carboxylic acids is 2. The molecule has 22 heavy (non-hydrogen) atoms. The molecule has 0 saturated carbocycles. The molecule has 0 aliphatic heterocycles. The van der Waals surface area contributed by atoms with Crippen molar-refractivity contribution in [2.45, 2.75) is 20.8 Å². The first-order valence-electron chi connectivity index (χ1n) is 6.78. The van der Waals surface area contributed by atoms with Crippen molar-refractivity contribution in [3.63, 3.8) is 0 Å². The fraction of sp³-hybridized carbons (Fsp3) is 0.250. The number of rotatable bonds is 4. The molecule has 116 valence electrons. The van der Waals surface area contributed by atoms with E-state index in [1.54, 1.807) is 25.1 Å². The molecule has 0 atom stereocenters. The van der Waals surface area contributed by atoms with Crippen molar-refractivity contribution in [1.29, 1.82) is 0 Å². The van der Waals surface area contributed by atoms with Gasteiger partial charge < -0.3 is 10.1 Å². The number of aryl methyl sites for hydroxylation is 1.